The summed E-state index contributed by atoms with van der Waals surface area (Å²) >= 11 is 3.03. The molecule has 0 aliphatic carbocycles. The number of ether oxygens (including phenoxy) is 2. The summed E-state index contributed by atoms with van der Waals surface area (Å²) < 4.78 is 12.7. The van der Waals surface area contributed by atoms with E-state index < -0.39 is 41.9 Å². The predicted octanol–water partition coefficient (Wildman–Crippen LogP) is 2.05. The summed E-state index contributed by atoms with van der Waals surface area (Å²) in [6.45, 7) is 12.9. The van der Waals surface area contributed by atoms with E-state index in [1.807, 2.05) is 13.2 Å². The highest BCUT2D eigenvalue weighted by Crippen LogP contribution is 2.36. The van der Waals surface area contributed by atoms with Crippen molar-refractivity contribution in [1.29, 1.82) is 0 Å². The lowest BCUT2D eigenvalue weighted by Gasteiger charge is -2.37. The Bertz CT molecular complexity index is 1100. The van der Waals surface area contributed by atoms with E-state index in [1.54, 1.807) is 11.8 Å². The molecular formula is C34H56N4O6S2. The van der Waals surface area contributed by atoms with Crippen LogP contribution in [0.15, 0.2) is 29.2 Å². The van der Waals surface area contributed by atoms with Crippen LogP contribution in [0, 0.1) is 17.8 Å². The third-order valence-electron chi connectivity index (χ3n) is 10.1. The molecule has 4 fully saturated rings. The molecule has 10 nitrogen and oxygen atoms in total. The summed E-state index contributed by atoms with van der Waals surface area (Å²) in [6, 6.07) is 7.38. The van der Waals surface area contributed by atoms with Crippen molar-refractivity contribution < 1.29 is 29.6 Å². The molecule has 0 aromatic heterocycles. The molecule has 46 heavy (non-hydrogen) atoms. The van der Waals surface area contributed by atoms with Gasteiger partial charge in [0.1, 0.15) is 29.8 Å². The minimum atomic E-state index is -1.39. The third-order valence-corrected chi connectivity index (χ3v) is 12.1. The number of hydrogen-bond acceptors (Lipinski definition) is 11. The van der Waals surface area contributed by atoms with Crippen molar-refractivity contribution in [3.8, 4) is 0 Å². The van der Waals surface area contributed by atoms with Crippen molar-refractivity contribution in [3.05, 3.63) is 29.8 Å². The SMILES string of the molecule is CSC1C[C@H](O)C(O)C(O)[C@@H]([C@H](NC(=O)[C@H]2NC[C@@H]3C[C@H](CC(C)C)CCO[C@H]32)[C@H](C)Sc2ccc(CN3CCNCC3)cc2)O1. The Kier molecular flexibility index (Phi) is 13.5. The molecule has 12 heteroatoms. The van der Waals surface area contributed by atoms with E-state index in [0.717, 1.165) is 57.0 Å². The first kappa shape index (κ1) is 36.4. The van der Waals surface area contributed by atoms with E-state index in [0.29, 0.717) is 18.4 Å². The Hall–Kier alpha value is -0.930. The third kappa shape index (κ3) is 9.40. The van der Waals surface area contributed by atoms with Gasteiger partial charge in [0.05, 0.1) is 18.2 Å². The fraction of sp³-hybridized carbons (Fsp3) is 0.794. The van der Waals surface area contributed by atoms with E-state index in [4.69, 9.17) is 9.47 Å². The largest absolute Gasteiger partial charge is 0.390 e. The molecule has 4 aliphatic rings. The van der Waals surface area contributed by atoms with Crippen LogP contribution in [0.25, 0.3) is 0 Å². The number of piperazine rings is 1. The van der Waals surface area contributed by atoms with Crippen molar-refractivity contribution in [2.45, 2.75) is 111 Å². The number of nitrogens with zero attached hydrogens (tertiary/aromatic N) is 1. The van der Waals surface area contributed by atoms with Crippen LogP contribution in [0.2, 0.25) is 0 Å². The monoisotopic (exact) mass is 680 g/mol. The first-order valence-corrected chi connectivity index (χ1v) is 19.4. The fourth-order valence-electron chi connectivity index (χ4n) is 7.60. The molecule has 1 aromatic rings. The zero-order valence-corrected chi connectivity index (χ0v) is 29.5. The lowest BCUT2D eigenvalue weighted by molar-refractivity contribution is -0.132. The molecule has 4 heterocycles. The normalized spacial score (nSPS) is 35.6. The maximum atomic E-state index is 14.1. The predicted molar refractivity (Wildman–Crippen MR) is 184 cm³/mol. The summed E-state index contributed by atoms with van der Waals surface area (Å²) in [7, 11) is 0. The van der Waals surface area contributed by atoms with Crippen LogP contribution in [0.1, 0.15) is 52.0 Å². The second-order valence-electron chi connectivity index (χ2n) is 14.1. The molecule has 4 saturated heterocycles. The zero-order valence-electron chi connectivity index (χ0n) is 27.8. The molecular weight excluding hydrogens is 625 g/mol. The number of amides is 1. The molecule has 11 atom stereocenters. The fourth-order valence-corrected chi connectivity index (χ4v) is 9.32. The van der Waals surface area contributed by atoms with Gasteiger partial charge in [0, 0.05) is 62.4 Å². The number of benzene rings is 1. The van der Waals surface area contributed by atoms with E-state index in [1.165, 1.54) is 23.7 Å². The smallest absolute Gasteiger partial charge is 0.240 e. The van der Waals surface area contributed by atoms with Crippen LogP contribution < -0.4 is 16.0 Å². The topological polar surface area (TPSA) is 136 Å². The molecule has 6 N–H and O–H groups in total. The Labute approximate surface area is 283 Å². The van der Waals surface area contributed by atoms with E-state index >= 15 is 0 Å². The molecule has 0 bridgehead atoms. The molecule has 1 aromatic carbocycles. The van der Waals surface area contributed by atoms with Gasteiger partial charge in [0.25, 0.3) is 0 Å². The van der Waals surface area contributed by atoms with Gasteiger partial charge in [0.15, 0.2) is 0 Å². The number of hydrogen-bond donors (Lipinski definition) is 6. The van der Waals surface area contributed by atoms with E-state index in [9.17, 15) is 20.1 Å². The number of aliphatic hydroxyl groups excluding tert-OH is 3. The van der Waals surface area contributed by atoms with E-state index in [-0.39, 0.29) is 29.6 Å². The maximum absolute atomic E-state index is 14.1. The summed E-state index contributed by atoms with van der Waals surface area (Å²) in [5, 5.41) is 42.7. The number of carbonyl (C=O) groups excluding carboxylic acids is 1. The first-order valence-electron chi connectivity index (χ1n) is 17.2. The van der Waals surface area contributed by atoms with E-state index in [2.05, 4.69) is 59.0 Å². The molecule has 3 unspecified atom stereocenters. The number of carbonyl (C=O) groups is 1. The molecule has 5 rings (SSSR count). The van der Waals surface area contributed by atoms with Crippen LogP contribution in [-0.2, 0) is 20.8 Å². The van der Waals surface area contributed by atoms with Gasteiger partial charge in [-0.25, -0.2) is 0 Å². The number of fused-ring (bicyclic) bond motifs is 1. The zero-order chi connectivity index (χ0) is 32.8. The van der Waals surface area contributed by atoms with Crippen LogP contribution in [0.3, 0.4) is 0 Å². The van der Waals surface area contributed by atoms with Crippen molar-refractivity contribution in [3.63, 3.8) is 0 Å². The molecule has 4 aliphatic heterocycles. The Morgan fingerprint density at radius 2 is 1.83 bits per heavy atom. The molecule has 0 spiro atoms. The lowest BCUT2D eigenvalue weighted by Crippen LogP contribution is -2.60. The molecule has 0 radical (unpaired) electrons. The average molecular weight is 681 g/mol. The number of nitrogens with one attached hydrogen (secondary N) is 3. The van der Waals surface area contributed by atoms with Crippen molar-refractivity contribution in [2.75, 3.05) is 45.6 Å². The Morgan fingerprint density at radius 1 is 1.09 bits per heavy atom. The summed E-state index contributed by atoms with van der Waals surface area (Å²) in [4.78, 5) is 17.6. The first-order chi connectivity index (χ1) is 22.1. The summed E-state index contributed by atoms with van der Waals surface area (Å²) in [5.74, 6) is 1.30. The van der Waals surface area contributed by atoms with Gasteiger partial charge in [-0.3, -0.25) is 9.69 Å². The van der Waals surface area contributed by atoms with Gasteiger partial charge < -0.3 is 40.7 Å². The van der Waals surface area contributed by atoms with Gasteiger partial charge in [-0.05, 0) is 61.0 Å². The standard InChI is InChI=1S/C34H56N4O6S2/c1-20(2)15-23-9-14-43-32-24(16-23)18-36-29(32)34(42)37-28(33-31(41)30(40)26(39)17-27(44-33)45-4)21(3)46-25-7-5-22(6-8-25)19-38-12-10-35-11-13-38/h5-8,20-21,23-24,26-33,35-36,39-41H,9-19H2,1-4H3,(H,37,42)/t21-,23-,24-,26-,27?,28+,29-,30?,31?,32+,33+/m0/s1. The van der Waals surface area contributed by atoms with Gasteiger partial charge in [-0.15, -0.1) is 23.5 Å². The van der Waals surface area contributed by atoms with Crippen LogP contribution in [-0.4, -0.2) is 125 Å². The maximum Gasteiger partial charge on any atom is 0.240 e. The van der Waals surface area contributed by atoms with Gasteiger partial charge in [-0.2, -0.15) is 0 Å². The van der Waals surface area contributed by atoms with Crippen LogP contribution in [0.5, 0.6) is 0 Å². The Morgan fingerprint density at radius 3 is 2.52 bits per heavy atom. The highest BCUT2D eigenvalue weighted by atomic mass is 32.2. The number of thioether (sulfide) groups is 2. The highest BCUT2D eigenvalue weighted by molar-refractivity contribution is 8.00. The minimum absolute atomic E-state index is 0.186. The molecule has 1 amide bonds. The second kappa shape index (κ2) is 17.1. The number of aliphatic hydroxyl groups is 3. The van der Waals surface area contributed by atoms with Crippen molar-refractivity contribution >= 4 is 29.4 Å². The van der Waals surface area contributed by atoms with Gasteiger partial charge in [-0.1, -0.05) is 32.9 Å². The van der Waals surface area contributed by atoms with Crippen LogP contribution in [0.4, 0.5) is 0 Å². The van der Waals surface area contributed by atoms with Crippen molar-refractivity contribution in [1.82, 2.24) is 20.9 Å². The van der Waals surface area contributed by atoms with Crippen molar-refractivity contribution in [2.24, 2.45) is 17.8 Å². The van der Waals surface area contributed by atoms with Crippen LogP contribution >= 0.6 is 23.5 Å². The summed E-state index contributed by atoms with van der Waals surface area (Å²) in [5.41, 5.74) is 0.817. The number of rotatable bonds is 11. The molecule has 260 valence electrons. The minimum Gasteiger partial charge on any atom is -0.390 e. The van der Waals surface area contributed by atoms with Gasteiger partial charge in [0.2, 0.25) is 5.91 Å². The lowest BCUT2D eigenvalue weighted by atomic mass is 9.85. The van der Waals surface area contributed by atoms with Gasteiger partial charge >= 0.3 is 0 Å². The Balaban J connectivity index is 1.32. The quantitative estimate of drug-likeness (QED) is 0.192. The highest BCUT2D eigenvalue weighted by Gasteiger charge is 2.47. The second-order valence-corrected chi connectivity index (χ2v) is 16.5. The summed E-state index contributed by atoms with van der Waals surface area (Å²) in [6.07, 6.45) is 0.260. The molecule has 0 saturated carbocycles. The average Bonchev–Trinajstić information content (AvgIpc) is 3.27.